The van der Waals surface area contributed by atoms with Crippen LogP contribution in [0.3, 0.4) is 0 Å². The number of aryl methyl sites for hydroxylation is 3. The Bertz CT molecular complexity index is 3120. The summed E-state index contributed by atoms with van der Waals surface area (Å²) in [5.74, 6) is 2.16. The van der Waals surface area contributed by atoms with Crippen molar-refractivity contribution in [3.05, 3.63) is 116 Å². The first kappa shape index (κ1) is 62.5. The van der Waals surface area contributed by atoms with Gasteiger partial charge in [0.2, 0.25) is 0 Å². The standard InChI is InChI=1S/C35H44F3N5O5.C26H31BrF3N3O2/c1-8-42(27-12-10-9-11-13-27)31-25(16-24(18-39-31)28-22(4)48-41-30(28)40-32(44)47-34(5,6)7)19-43-21(3)29(46-33(43)45)23-14-20(2)15-26(17-23)35(36,37)38;1-4-32(22-8-6-5-7-9-22)24-19(13-21(27)14-31-24)15-33-17(3)23(35-25(33)34)18-10-16(2)11-20(12-18)26(28,29)30/h14-18,21,27,29H,8-13,19H2,1-7H3,(H,40,41,44);10-14,17,22-23H,4-9,15H2,1-3H3/t21-,29?;17-,23-/m00/s1. The van der Waals surface area contributed by atoms with Gasteiger partial charge >= 0.3 is 30.6 Å². The van der Waals surface area contributed by atoms with Crippen LogP contribution in [0.1, 0.15) is 175 Å². The van der Waals surface area contributed by atoms with Crippen LogP contribution in [0.15, 0.2) is 69.9 Å². The van der Waals surface area contributed by atoms with Gasteiger partial charge in [0, 0.05) is 58.7 Å². The molecule has 450 valence electrons. The molecule has 0 spiro atoms. The Hall–Kier alpha value is -6.58. The van der Waals surface area contributed by atoms with Crippen LogP contribution in [-0.4, -0.2) is 86.1 Å². The van der Waals surface area contributed by atoms with Crippen LogP contribution in [0.5, 0.6) is 0 Å². The van der Waals surface area contributed by atoms with E-state index < -0.39 is 71.7 Å². The zero-order chi connectivity index (χ0) is 60.3. The van der Waals surface area contributed by atoms with Gasteiger partial charge in [-0.25, -0.2) is 24.4 Å². The fraction of sp³-hybridized carbons (Fsp3) is 0.541. The summed E-state index contributed by atoms with van der Waals surface area (Å²) in [4.78, 5) is 56.3. The van der Waals surface area contributed by atoms with E-state index in [0.29, 0.717) is 57.5 Å². The highest BCUT2D eigenvalue weighted by Crippen LogP contribution is 2.43. The maximum absolute atomic E-state index is 13.7. The molecular weight excluding hydrogens is 1150 g/mol. The minimum atomic E-state index is -4.53. The number of aromatic nitrogens is 3. The van der Waals surface area contributed by atoms with Crippen LogP contribution in [-0.2, 0) is 39.7 Å². The third-order valence-electron chi connectivity index (χ3n) is 15.9. The Balaban J connectivity index is 0.000000228. The third kappa shape index (κ3) is 14.9. The Kier molecular flexibility index (Phi) is 19.4. The molecule has 0 bridgehead atoms. The second-order valence-electron chi connectivity index (χ2n) is 23.2. The second-order valence-corrected chi connectivity index (χ2v) is 24.1. The van der Waals surface area contributed by atoms with E-state index in [0.717, 1.165) is 85.2 Å². The van der Waals surface area contributed by atoms with E-state index in [4.69, 9.17) is 28.7 Å². The minimum absolute atomic E-state index is 0.0903. The van der Waals surface area contributed by atoms with Crippen molar-refractivity contribution in [2.45, 2.75) is 201 Å². The number of halogens is 7. The lowest BCUT2D eigenvalue weighted by atomic mass is 9.93. The molecule has 83 heavy (non-hydrogen) atoms. The number of ether oxygens (including phenoxy) is 3. The Morgan fingerprint density at radius 1 is 0.675 bits per heavy atom. The molecule has 5 heterocycles. The highest BCUT2D eigenvalue weighted by atomic mass is 79.9. The first-order valence-electron chi connectivity index (χ1n) is 28.6. The maximum atomic E-state index is 13.7. The molecular formula is C61H75BrF6N8O7. The molecule has 2 aliphatic heterocycles. The first-order chi connectivity index (χ1) is 39.1. The van der Waals surface area contributed by atoms with E-state index in [-0.39, 0.29) is 30.5 Å². The molecule has 3 aromatic heterocycles. The van der Waals surface area contributed by atoms with Crippen LogP contribution in [0.2, 0.25) is 0 Å². The Morgan fingerprint density at radius 3 is 1.55 bits per heavy atom. The Morgan fingerprint density at radius 2 is 1.12 bits per heavy atom. The molecule has 3 amide bonds. The summed E-state index contributed by atoms with van der Waals surface area (Å²) in [6.45, 7) is 19.8. The van der Waals surface area contributed by atoms with Gasteiger partial charge in [0.15, 0.2) is 5.82 Å². The van der Waals surface area contributed by atoms with E-state index in [1.165, 1.54) is 30.6 Å². The lowest BCUT2D eigenvalue weighted by Crippen LogP contribution is -2.39. The lowest BCUT2D eigenvalue weighted by molar-refractivity contribution is -0.138. The van der Waals surface area contributed by atoms with Crippen molar-refractivity contribution >= 4 is 51.7 Å². The van der Waals surface area contributed by atoms with Gasteiger partial charge in [0.1, 0.15) is 35.2 Å². The van der Waals surface area contributed by atoms with Gasteiger partial charge in [-0.2, -0.15) is 26.3 Å². The van der Waals surface area contributed by atoms with Crippen LogP contribution >= 0.6 is 15.9 Å². The number of carbonyl (C=O) groups excluding carboxylic acids is 3. The van der Waals surface area contributed by atoms with Crippen molar-refractivity contribution in [3.8, 4) is 11.1 Å². The summed E-state index contributed by atoms with van der Waals surface area (Å²) in [5.41, 5.74) is 1.99. The molecule has 9 rings (SSSR count). The summed E-state index contributed by atoms with van der Waals surface area (Å²) in [7, 11) is 0. The number of alkyl halides is 6. The SMILES string of the molecule is CCN(c1ncc(-c2c(NC(=O)OC(C)(C)C)noc2C)cc1CN1C(=O)OC(c2cc(C)cc(C(F)(F)F)c2)[C@@H]1C)C1CCCCC1.CCN(c1ncc(Br)cc1CN1C(=O)O[C@H](c2cc(C)cc(C(F)(F)F)c2)[C@@H]1C)C1CCCCC1. The predicted octanol–water partition coefficient (Wildman–Crippen LogP) is 16.4. The summed E-state index contributed by atoms with van der Waals surface area (Å²) in [5, 5.41) is 6.72. The first-order valence-corrected chi connectivity index (χ1v) is 29.4. The number of hydrogen-bond acceptors (Lipinski definition) is 12. The number of rotatable bonds is 14. The predicted molar refractivity (Wildman–Crippen MR) is 307 cm³/mol. The van der Waals surface area contributed by atoms with Gasteiger partial charge in [0.05, 0.1) is 41.9 Å². The van der Waals surface area contributed by atoms with Gasteiger partial charge in [-0.1, -0.05) is 66.9 Å². The molecule has 5 aromatic rings. The van der Waals surface area contributed by atoms with E-state index in [1.54, 1.807) is 77.9 Å². The van der Waals surface area contributed by atoms with E-state index in [1.807, 2.05) is 19.1 Å². The number of nitrogens with one attached hydrogen (secondary N) is 1. The molecule has 15 nitrogen and oxygen atoms in total. The van der Waals surface area contributed by atoms with Gasteiger partial charge < -0.3 is 28.5 Å². The second kappa shape index (κ2) is 25.7. The van der Waals surface area contributed by atoms with E-state index >= 15 is 0 Å². The summed E-state index contributed by atoms with van der Waals surface area (Å²) in [6, 6.07) is 11.1. The van der Waals surface area contributed by atoms with Crippen LogP contribution in [0.4, 0.5) is 58.2 Å². The minimum Gasteiger partial charge on any atom is -0.444 e. The number of amides is 3. The van der Waals surface area contributed by atoms with Crippen molar-refractivity contribution in [1.82, 2.24) is 24.9 Å². The summed E-state index contributed by atoms with van der Waals surface area (Å²) < 4.78 is 104. The molecule has 2 saturated heterocycles. The third-order valence-corrected chi connectivity index (χ3v) is 16.3. The highest BCUT2D eigenvalue weighted by Gasteiger charge is 2.44. The fourth-order valence-electron chi connectivity index (χ4n) is 12.0. The van der Waals surface area contributed by atoms with Crippen molar-refractivity contribution < 1.29 is 59.5 Å². The van der Waals surface area contributed by atoms with E-state index in [2.05, 4.69) is 50.1 Å². The zero-order valence-corrected chi connectivity index (χ0v) is 50.4. The molecule has 4 aliphatic rings. The molecule has 1 N–H and O–H groups in total. The molecule has 22 heteroatoms. The largest absolute Gasteiger partial charge is 0.444 e. The van der Waals surface area contributed by atoms with Crippen molar-refractivity contribution in [2.75, 3.05) is 28.2 Å². The van der Waals surface area contributed by atoms with Crippen molar-refractivity contribution in [2.24, 2.45) is 0 Å². The number of nitrogens with zero attached hydrogens (tertiary/aromatic N) is 7. The molecule has 1 unspecified atom stereocenters. The average molecular weight is 1230 g/mol. The topological polar surface area (TPSA) is 156 Å². The monoisotopic (exact) mass is 1220 g/mol. The van der Waals surface area contributed by atoms with Gasteiger partial charge in [-0.3, -0.25) is 15.1 Å². The maximum Gasteiger partial charge on any atom is 0.416 e. The van der Waals surface area contributed by atoms with E-state index in [9.17, 15) is 40.7 Å². The number of pyridine rings is 2. The molecule has 2 aliphatic carbocycles. The molecule has 0 radical (unpaired) electrons. The summed E-state index contributed by atoms with van der Waals surface area (Å²) in [6.07, 6.45) is 2.24. The Labute approximate surface area is 489 Å². The van der Waals surface area contributed by atoms with Crippen LogP contribution < -0.4 is 15.1 Å². The molecule has 4 fully saturated rings. The molecule has 2 aromatic carbocycles. The fourth-order valence-corrected chi connectivity index (χ4v) is 12.4. The van der Waals surface area contributed by atoms with Gasteiger partial charge in [-0.05, 0) is 158 Å². The number of benzene rings is 2. The van der Waals surface area contributed by atoms with Gasteiger partial charge in [-0.15, -0.1) is 0 Å². The van der Waals surface area contributed by atoms with Crippen LogP contribution in [0, 0.1) is 20.8 Å². The quantitative estimate of drug-likeness (QED) is 0.0831. The van der Waals surface area contributed by atoms with Crippen LogP contribution in [0.25, 0.3) is 11.1 Å². The van der Waals surface area contributed by atoms with Gasteiger partial charge in [0.25, 0.3) is 0 Å². The normalized spacial score (nSPS) is 20.0. The molecule has 4 atom stereocenters. The smallest absolute Gasteiger partial charge is 0.416 e. The number of hydrogen-bond donors (Lipinski definition) is 1. The average Bonchev–Trinajstić information content (AvgIpc) is 3.35. The summed E-state index contributed by atoms with van der Waals surface area (Å²) >= 11 is 3.50. The zero-order valence-electron chi connectivity index (χ0n) is 48.8. The highest BCUT2D eigenvalue weighted by molar-refractivity contribution is 9.10. The van der Waals surface area contributed by atoms with Crippen molar-refractivity contribution in [3.63, 3.8) is 0 Å². The number of cyclic esters (lactones) is 2. The molecule has 2 saturated carbocycles. The lowest BCUT2D eigenvalue weighted by Gasteiger charge is -2.36. The number of carbonyl (C=O) groups is 3. The van der Waals surface area contributed by atoms with Crippen molar-refractivity contribution in [1.29, 1.82) is 0 Å². The number of anilines is 3.